The number of ether oxygens (including phenoxy) is 1. The number of aryl methyl sites for hydroxylation is 2. The summed E-state index contributed by atoms with van der Waals surface area (Å²) in [5, 5.41) is 4.95. The maximum atomic E-state index is 12.3. The molecule has 104 valence electrons. The van der Waals surface area contributed by atoms with Crippen LogP contribution in [0.25, 0.3) is 0 Å². The fourth-order valence-corrected chi connectivity index (χ4v) is 2.74. The van der Waals surface area contributed by atoms with E-state index in [0.29, 0.717) is 22.8 Å². The molecule has 20 heavy (non-hydrogen) atoms. The third-order valence-electron chi connectivity index (χ3n) is 3.50. The summed E-state index contributed by atoms with van der Waals surface area (Å²) in [7, 11) is 1.88. The summed E-state index contributed by atoms with van der Waals surface area (Å²) >= 11 is 5.93. The van der Waals surface area contributed by atoms with Gasteiger partial charge in [-0.2, -0.15) is 5.10 Å². The number of fused-ring (bicyclic) bond motifs is 1. The molecule has 1 aliphatic rings. The van der Waals surface area contributed by atoms with Gasteiger partial charge in [0.15, 0.2) is 5.78 Å². The van der Waals surface area contributed by atoms with Crippen LogP contribution in [0.4, 0.5) is 0 Å². The molecule has 1 atom stereocenters. The lowest BCUT2D eigenvalue weighted by Gasteiger charge is -2.25. The molecule has 3 rings (SSSR count). The van der Waals surface area contributed by atoms with Crippen molar-refractivity contribution in [2.75, 3.05) is 0 Å². The third-order valence-corrected chi connectivity index (χ3v) is 3.74. The summed E-state index contributed by atoms with van der Waals surface area (Å²) in [6.07, 6.45) is 2.81. The highest BCUT2D eigenvalue weighted by Gasteiger charge is 2.30. The largest absolute Gasteiger partial charge is 0.484 e. The number of nitrogens with zero attached hydrogens (tertiary/aromatic N) is 2. The normalized spacial score (nSPS) is 17.8. The summed E-state index contributed by atoms with van der Waals surface area (Å²) in [6, 6.07) is 5.16. The van der Waals surface area contributed by atoms with Crippen LogP contribution >= 0.6 is 11.6 Å². The van der Waals surface area contributed by atoms with E-state index in [1.54, 1.807) is 22.9 Å². The Morgan fingerprint density at radius 2 is 2.30 bits per heavy atom. The average Bonchev–Trinajstić information content (AvgIpc) is 2.80. The molecule has 1 aliphatic heterocycles. The van der Waals surface area contributed by atoms with E-state index < -0.39 is 0 Å². The van der Waals surface area contributed by atoms with Crippen LogP contribution in [-0.4, -0.2) is 15.6 Å². The van der Waals surface area contributed by atoms with E-state index in [1.165, 1.54) is 0 Å². The minimum absolute atomic E-state index is 0.0599. The number of Topliss-reactive ketones (excluding diaryl/α,β-unsaturated/α-hetero) is 1. The summed E-state index contributed by atoms with van der Waals surface area (Å²) in [5.41, 5.74) is 2.53. The van der Waals surface area contributed by atoms with Crippen molar-refractivity contribution < 1.29 is 9.53 Å². The minimum atomic E-state index is -0.264. The van der Waals surface area contributed by atoms with Gasteiger partial charge in [0.05, 0.1) is 17.7 Å². The Kier molecular flexibility index (Phi) is 3.26. The van der Waals surface area contributed by atoms with Crippen LogP contribution in [0.5, 0.6) is 5.75 Å². The maximum absolute atomic E-state index is 12.3. The lowest BCUT2D eigenvalue weighted by Crippen LogP contribution is -2.20. The topological polar surface area (TPSA) is 44.1 Å². The van der Waals surface area contributed by atoms with Crippen LogP contribution in [-0.2, 0) is 13.5 Å². The predicted octanol–water partition coefficient (Wildman–Crippen LogP) is 3.34. The zero-order valence-corrected chi connectivity index (χ0v) is 12.1. The van der Waals surface area contributed by atoms with Gasteiger partial charge >= 0.3 is 0 Å². The molecule has 1 aromatic carbocycles. The Morgan fingerprint density at radius 3 is 3.05 bits per heavy atom. The maximum Gasteiger partial charge on any atom is 0.170 e. The average molecular weight is 291 g/mol. The molecule has 0 N–H and O–H groups in total. The summed E-state index contributed by atoms with van der Waals surface area (Å²) in [6.45, 7) is 2.05. The number of aromatic nitrogens is 2. The van der Waals surface area contributed by atoms with E-state index in [2.05, 4.69) is 5.10 Å². The number of hydrogen-bond donors (Lipinski definition) is 0. The van der Waals surface area contributed by atoms with Crippen molar-refractivity contribution in [3.8, 4) is 5.75 Å². The second-order valence-corrected chi connectivity index (χ2v) is 5.37. The molecule has 5 heteroatoms. The van der Waals surface area contributed by atoms with Gasteiger partial charge in [-0.3, -0.25) is 9.48 Å². The molecule has 2 aromatic rings. The second-order valence-electron chi connectivity index (χ2n) is 4.93. The van der Waals surface area contributed by atoms with Crippen LogP contribution in [0, 0.1) is 0 Å². The van der Waals surface area contributed by atoms with E-state index in [-0.39, 0.29) is 11.9 Å². The number of ketones is 1. The van der Waals surface area contributed by atoms with Gasteiger partial charge < -0.3 is 4.74 Å². The molecule has 0 saturated heterocycles. The molecule has 1 aromatic heterocycles. The highest BCUT2D eigenvalue weighted by molar-refractivity contribution is 6.31. The lowest BCUT2D eigenvalue weighted by atomic mass is 9.96. The molecule has 0 radical (unpaired) electrons. The number of carbonyl (C=O) groups is 1. The summed E-state index contributed by atoms with van der Waals surface area (Å²) in [4.78, 5) is 12.3. The molecular weight excluding hydrogens is 276 g/mol. The fourth-order valence-electron chi connectivity index (χ4n) is 2.57. The van der Waals surface area contributed by atoms with Crippen molar-refractivity contribution in [3.05, 3.63) is 46.2 Å². The Hall–Kier alpha value is -1.81. The van der Waals surface area contributed by atoms with Crippen molar-refractivity contribution in [2.45, 2.75) is 25.9 Å². The van der Waals surface area contributed by atoms with Crippen molar-refractivity contribution >= 4 is 17.4 Å². The Bertz CT molecular complexity index is 679. The fraction of sp³-hybridized carbons (Fsp3) is 0.333. The van der Waals surface area contributed by atoms with Crippen molar-refractivity contribution in [1.29, 1.82) is 0 Å². The number of benzene rings is 1. The standard InChI is InChI=1S/C15H15ClN2O2/c1-3-12-11(8-18(2)17-12)15-7-13(19)10-6-9(16)4-5-14(10)20-15/h4-6,8,15H,3,7H2,1-2H3. The van der Waals surface area contributed by atoms with Crippen molar-refractivity contribution in [2.24, 2.45) is 7.05 Å². The van der Waals surface area contributed by atoms with Gasteiger partial charge in [0, 0.05) is 23.8 Å². The zero-order chi connectivity index (χ0) is 14.3. The Morgan fingerprint density at radius 1 is 1.50 bits per heavy atom. The number of hydrogen-bond acceptors (Lipinski definition) is 3. The highest BCUT2D eigenvalue weighted by Crippen LogP contribution is 2.37. The van der Waals surface area contributed by atoms with Crippen molar-refractivity contribution in [3.63, 3.8) is 0 Å². The Balaban J connectivity index is 1.99. The van der Waals surface area contributed by atoms with E-state index >= 15 is 0 Å². The van der Waals surface area contributed by atoms with Gasteiger partial charge in [-0.25, -0.2) is 0 Å². The molecule has 1 unspecified atom stereocenters. The second kappa shape index (κ2) is 4.94. The van der Waals surface area contributed by atoms with Gasteiger partial charge in [0.2, 0.25) is 0 Å². The first-order valence-electron chi connectivity index (χ1n) is 6.60. The monoisotopic (exact) mass is 290 g/mol. The SMILES string of the molecule is CCc1nn(C)cc1C1CC(=O)c2cc(Cl)ccc2O1. The van der Waals surface area contributed by atoms with Crippen molar-refractivity contribution in [1.82, 2.24) is 9.78 Å². The molecule has 0 aliphatic carbocycles. The highest BCUT2D eigenvalue weighted by atomic mass is 35.5. The van der Waals surface area contributed by atoms with Crippen LogP contribution in [0.3, 0.4) is 0 Å². The quantitative estimate of drug-likeness (QED) is 0.852. The third kappa shape index (κ3) is 2.20. The summed E-state index contributed by atoms with van der Waals surface area (Å²) in [5.74, 6) is 0.659. The molecule has 0 fully saturated rings. The summed E-state index contributed by atoms with van der Waals surface area (Å²) < 4.78 is 7.73. The van der Waals surface area contributed by atoms with Crippen LogP contribution < -0.4 is 4.74 Å². The molecule has 0 saturated carbocycles. The molecule has 0 bridgehead atoms. The number of halogens is 1. The molecule has 4 nitrogen and oxygen atoms in total. The minimum Gasteiger partial charge on any atom is -0.484 e. The number of rotatable bonds is 2. The lowest BCUT2D eigenvalue weighted by molar-refractivity contribution is 0.0849. The smallest absolute Gasteiger partial charge is 0.170 e. The van der Waals surface area contributed by atoms with Gasteiger partial charge in [0.25, 0.3) is 0 Å². The first kappa shape index (κ1) is 13.2. The zero-order valence-electron chi connectivity index (χ0n) is 11.4. The molecule has 2 heterocycles. The van der Waals surface area contributed by atoms with E-state index in [4.69, 9.17) is 16.3 Å². The first-order chi connectivity index (χ1) is 9.58. The van der Waals surface area contributed by atoms with Crippen LogP contribution in [0.2, 0.25) is 5.02 Å². The van der Waals surface area contributed by atoms with Crippen LogP contribution in [0.1, 0.15) is 41.1 Å². The molecule has 0 spiro atoms. The predicted molar refractivity (Wildman–Crippen MR) is 76.4 cm³/mol. The van der Waals surface area contributed by atoms with Gasteiger partial charge in [0.1, 0.15) is 11.9 Å². The van der Waals surface area contributed by atoms with E-state index in [9.17, 15) is 4.79 Å². The van der Waals surface area contributed by atoms with Gasteiger partial charge in [-0.05, 0) is 24.6 Å². The Labute approximate surface area is 122 Å². The molecule has 0 amide bonds. The van der Waals surface area contributed by atoms with Gasteiger partial charge in [-0.1, -0.05) is 18.5 Å². The number of carbonyl (C=O) groups excluding carboxylic acids is 1. The molecular formula is C15H15ClN2O2. The van der Waals surface area contributed by atoms with E-state index in [1.807, 2.05) is 20.2 Å². The van der Waals surface area contributed by atoms with E-state index in [0.717, 1.165) is 17.7 Å². The van der Waals surface area contributed by atoms with Gasteiger partial charge in [-0.15, -0.1) is 0 Å². The van der Waals surface area contributed by atoms with Crippen LogP contribution in [0.15, 0.2) is 24.4 Å². The first-order valence-corrected chi connectivity index (χ1v) is 6.98.